The average Bonchev–Trinajstić information content (AvgIpc) is 2.81. The van der Waals surface area contributed by atoms with E-state index < -0.39 is 9.84 Å². The lowest BCUT2D eigenvalue weighted by Crippen LogP contribution is -2.46. The van der Waals surface area contributed by atoms with Gasteiger partial charge in [0.25, 0.3) is 0 Å². The highest BCUT2D eigenvalue weighted by Gasteiger charge is 2.24. The molecule has 0 bridgehead atoms. The molecule has 0 amide bonds. The van der Waals surface area contributed by atoms with Gasteiger partial charge in [0.2, 0.25) is 0 Å². The molecule has 8 heteroatoms. The van der Waals surface area contributed by atoms with E-state index in [4.69, 9.17) is 0 Å². The van der Waals surface area contributed by atoms with Crippen LogP contribution in [0, 0.1) is 13.8 Å². The largest absolute Gasteiger partial charge is 0.353 e. The SMILES string of the molecule is Cc1nn(C)c(C)c1CN1CCN(c2ncccc2S(C)(=O)=O)CC1. The first kappa shape index (κ1) is 17.9. The number of piperazine rings is 1. The molecule has 1 aliphatic heterocycles. The smallest absolute Gasteiger partial charge is 0.179 e. The molecule has 25 heavy (non-hydrogen) atoms. The minimum Gasteiger partial charge on any atom is -0.353 e. The summed E-state index contributed by atoms with van der Waals surface area (Å²) in [6.07, 6.45) is 2.89. The van der Waals surface area contributed by atoms with Crippen LogP contribution in [-0.4, -0.2) is 60.5 Å². The molecule has 1 aliphatic rings. The summed E-state index contributed by atoms with van der Waals surface area (Å²) < 4.78 is 25.9. The van der Waals surface area contributed by atoms with Crippen LogP contribution in [0.25, 0.3) is 0 Å². The molecule has 1 fully saturated rings. The Morgan fingerprint density at radius 2 is 1.84 bits per heavy atom. The highest BCUT2D eigenvalue weighted by molar-refractivity contribution is 7.90. The van der Waals surface area contributed by atoms with Crippen LogP contribution in [0.15, 0.2) is 23.2 Å². The Hall–Kier alpha value is -1.93. The minimum absolute atomic E-state index is 0.308. The van der Waals surface area contributed by atoms with E-state index in [2.05, 4.69) is 26.8 Å². The van der Waals surface area contributed by atoms with Crippen molar-refractivity contribution in [2.75, 3.05) is 37.3 Å². The van der Waals surface area contributed by atoms with E-state index in [0.717, 1.165) is 38.4 Å². The van der Waals surface area contributed by atoms with E-state index in [1.807, 2.05) is 18.7 Å². The van der Waals surface area contributed by atoms with Crippen molar-refractivity contribution in [2.24, 2.45) is 7.05 Å². The van der Waals surface area contributed by atoms with Gasteiger partial charge in [-0.25, -0.2) is 13.4 Å². The van der Waals surface area contributed by atoms with Gasteiger partial charge < -0.3 is 4.90 Å². The highest BCUT2D eigenvalue weighted by Crippen LogP contribution is 2.24. The number of aryl methyl sites for hydroxylation is 2. The minimum atomic E-state index is -3.28. The predicted octanol–water partition coefficient (Wildman–Crippen LogP) is 1.16. The molecule has 0 radical (unpaired) electrons. The van der Waals surface area contributed by atoms with Crippen LogP contribution in [-0.2, 0) is 23.4 Å². The fraction of sp³-hybridized carbons (Fsp3) is 0.529. The Bertz CT molecular complexity index is 867. The molecule has 7 nitrogen and oxygen atoms in total. The maximum atomic E-state index is 12.0. The molecule has 0 saturated carbocycles. The van der Waals surface area contributed by atoms with Crippen LogP contribution >= 0.6 is 0 Å². The number of aromatic nitrogens is 3. The maximum Gasteiger partial charge on any atom is 0.179 e. The second-order valence-corrected chi connectivity index (χ2v) is 8.62. The molecule has 2 aromatic heterocycles. The zero-order valence-electron chi connectivity index (χ0n) is 15.2. The fourth-order valence-corrected chi connectivity index (χ4v) is 4.14. The van der Waals surface area contributed by atoms with Crippen molar-refractivity contribution >= 4 is 15.7 Å². The van der Waals surface area contributed by atoms with Crippen LogP contribution in [0.2, 0.25) is 0 Å². The normalized spacial score (nSPS) is 16.4. The van der Waals surface area contributed by atoms with Crippen molar-refractivity contribution in [3.8, 4) is 0 Å². The summed E-state index contributed by atoms with van der Waals surface area (Å²) in [4.78, 5) is 9.08. The molecular formula is C17H25N5O2S. The van der Waals surface area contributed by atoms with Gasteiger partial charge in [-0.05, 0) is 26.0 Å². The molecule has 2 aromatic rings. The molecule has 0 atom stereocenters. The van der Waals surface area contributed by atoms with Crippen LogP contribution in [0.1, 0.15) is 17.0 Å². The molecule has 3 rings (SSSR count). The first-order valence-electron chi connectivity index (χ1n) is 8.39. The molecule has 0 unspecified atom stereocenters. The van der Waals surface area contributed by atoms with Crippen LogP contribution in [0.3, 0.4) is 0 Å². The predicted molar refractivity (Wildman–Crippen MR) is 97.5 cm³/mol. The number of rotatable bonds is 4. The van der Waals surface area contributed by atoms with Crippen molar-refractivity contribution in [1.82, 2.24) is 19.7 Å². The zero-order valence-corrected chi connectivity index (χ0v) is 16.0. The Balaban J connectivity index is 1.71. The Morgan fingerprint density at radius 3 is 2.40 bits per heavy atom. The lowest BCUT2D eigenvalue weighted by Gasteiger charge is -2.36. The van der Waals surface area contributed by atoms with E-state index in [1.54, 1.807) is 18.3 Å². The Labute approximate surface area is 149 Å². The number of pyridine rings is 1. The molecule has 0 aliphatic carbocycles. The van der Waals surface area contributed by atoms with Crippen molar-refractivity contribution in [2.45, 2.75) is 25.3 Å². The summed E-state index contributed by atoms with van der Waals surface area (Å²) in [6.45, 7) is 8.28. The van der Waals surface area contributed by atoms with Gasteiger partial charge in [-0.15, -0.1) is 0 Å². The summed E-state index contributed by atoms with van der Waals surface area (Å²) in [7, 11) is -1.31. The lowest BCUT2D eigenvalue weighted by molar-refractivity contribution is 0.248. The Kier molecular flexibility index (Phi) is 4.83. The monoisotopic (exact) mass is 363 g/mol. The average molecular weight is 363 g/mol. The second-order valence-electron chi connectivity index (χ2n) is 6.63. The number of hydrogen-bond acceptors (Lipinski definition) is 6. The van der Waals surface area contributed by atoms with Gasteiger partial charge in [0.05, 0.1) is 5.69 Å². The van der Waals surface area contributed by atoms with Gasteiger partial charge in [0, 0.05) is 63.5 Å². The fourth-order valence-electron chi connectivity index (χ4n) is 3.30. The van der Waals surface area contributed by atoms with Gasteiger partial charge >= 0.3 is 0 Å². The first-order valence-corrected chi connectivity index (χ1v) is 10.3. The first-order chi connectivity index (χ1) is 11.8. The zero-order chi connectivity index (χ0) is 18.2. The van der Waals surface area contributed by atoms with E-state index >= 15 is 0 Å². The highest BCUT2D eigenvalue weighted by atomic mass is 32.2. The van der Waals surface area contributed by atoms with Crippen LogP contribution < -0.4 is 4.90 Å². The van der Waals surface area contributed by atoms with Crippen molar-refractivity contribution in [3.05, 3.63) is 35.3 Å². The quantitative estimate of drug-likeness (QED) is 0.812. The van der Waals surface area contributed by atoms with Crippen molar-refractivity contribution in [3.63, 3.8) is 0 Å². The summed E-state index contributed by atoms with van der Waals surface area (Å²) in [6, 6.07) is 3.30. The lowest BCUT2D eigenvalue weighted by atomic mass is 10.1. The van der Waals surface area contributed by atoms with E-state index in [-0.39, 0.29) is 0 Å². The summed E-state index contributed by atoms with van der Waals surface area (Å²) in [5.41, 5.74) is 3.56. The molecule has 0 aromatic carbocycles. The third-order valence-electron chi connectivity index (χ3n) is 4.86. The van der Waals surface area contributed by atoms with E-state index in [9.17, 15) is 8.42 Å². The molecule has 136 valence electrons. The number of nitrogens with zero attached hydrogens (tertiary/aromatic N) is 5. The maximum absolute atomic E-state index is 12.0. The molecule has 0 N–H and O–H groups in total. The van der Waals surface area contributed by atoms with Gasteiger partial charge in [-0.1, -0.05) is 0 Å². The molecular weight excluding hydrogens is 338 g/mol. The van der Waals surface area contributed by atoms with E-state index in [1.165, 1.54) is 17.5 Å². The van der Waals surface area contributed by atoms with Gasteiger partial charge in [-0.2, -0.15) is 5.10 Å². The third-order valence-corrected chi connectivity index (χ3v) is 5.98. The number of anilines is 1. The van der Waals surface area contributed by atoms with Crippen LogP contribution in [0.5, 0.6) is 0 Å². The molecule has 0 spiro atoms. The third kappa shape index (κ3) is 3.69. The standard InChI is InChI=1S/C17H25N5O2S/c1-13-15(14(2)20(3)19-13)12-21-8-10-22(11-9-21)17-16(25(4,23)24)6-5-7-18-17/h5-7H,8-12H2,1-4H3. The van der Waals surface area contributed by atoms with Gasteiger partial charge in [-0.3, -0.25) is 9.58 Å². The molecule has 3 heterocycles. The summed E-state index contributed by atoms with van der Waals surface area (Å²) >= 11 is 0. The molecule has 1 saturated heterocycles. The van der Waals surface area contributed by atoms with Crippen LogP contribution in [0.4, 0.5) is 5.82 Å². The summed E-state index contributed by atoms with van der Waals surface area (Å²) in [5.74, 6) is 0.568. The van der Waals surface area contributed by atoms with Crippen molar-refractivity contribution < 1.29 is 8.42 Å². The number of hydrogen-bond donors (Lipinski definition) is 0. The van der Waals surface area contributed by atoms with Crippen molar-refractivity contribution in [1.29, 1.82) is 0 Å². The van der Waals surface area contributed by atoms with Gasteiger partial charge in [0.15, 0.2) is 9.84 Å². The second kappa shape index (κ2) is 6.76. The topological polar surface area (TPSA) is 71.3 Å². The summed E-state index contributed by atoms with van der Waals surface area (Å²) in [5, 5.41) is 4.48. The van der Waals surface area contributed by atoms with Gasteiger partial charge in [0.1, 0.15) is 10.7 Å². The Morgan fingerprint density at radius 1 is 1.16 bits per heavy atom. The van der Waals surface area contributed by atoms with E-state index in [0.29, 0.717) is 10.7 Å². The number of sulfone groups is 1.